The number of rotatable bonds is 6. The summed E-state index contributed by atoms with van der Waals surface area (Å²) >= 11 is 1.15. The number of carboxylic acid groups (broad SMARTS) is 1. The Labute approximate surface area is 163 Å². The van der Waals surface area contributed by atoms with E-state index < -0.39 is 26.6 Å². The first-order valence-corrected chi connectivity index (χ1v) is 10.9. The van der Waals surface area contributed by atoms with Gasteiger partial charge in [-0.15, -0.1) is 0 Å². The van der Waals surface area contributed by atoms with Crippen LogP contribution in [-0.4, -0.2) is 30.2 Å². The lowest BCUT2D eigenvalue weighted by molar-refractivity contribution is -0.140. The number of nitrogens with one attached hydrogen (secondary N) is 1. The molecular formula is C20H21NO4S2. The van der Waals surface area contributed by atoms with E-state index >= 15 is 0 Å². The molecule has 2 aromatic rings. The lowest BCUT2D eigenvalue weighted by Gasteiger charge is -2.25. The Morgan fingerprint density at radius 2 is 1.89 bits per heavy atom. The molecule has 0 saturated heterocycles. The molecule has 0 radical (unpaired) electrons. The van der Waals surface area contributed by atoms with Crippen molar-refractivity contribution >= 4 is 32.5 Å². The molecule has 0 aliphatic carbocycles. The van der Waals surface area contributed by atoms with Crippen molar-refractivity contribution in [1.82, 2.24) is 5.32 Å². The topological polar surface area (TPSA) is 83.5 Å². The monoisotopic (exact) mass is 403 g/mol. The van der Waals surface area contributed by atoms with E-state index in [0.29, 0.717) is 5.56 Å². The smallest absolute Gasteiger partial charge is 0.335 e. The van der Waals surface area contributed by atoms with Gasteiger partial charge < -0.3 is 5.11 Å². The minimum Gasteiger partial charge on any atom is -0.479 e. The summed E-state index contributed by atoms with van der Waals surface area (Å²) in [6, 6.07) is 14.6. The number of hydrogen-bond donors (Lipinski definition) is 2. The summed E-state index contributed by atoms with van der Waals surface area (Å²) in [5.41, 5.74) is 2.55. The average molecular weight is 404 g/mol. The Morgan fingerprint density at radius 3 is 2.52 bits per heavy atom. The predicted octanol–water partition coefficient (Wildman–Crippen LogP) is 3.58. The van der Waals surface area contributed by atoms with Crippen LogP contribution in [0.2, 0.25) is 0 Å². The zero-order valence-corrected chi connectivity index (χ0v) is 16.7. The zero-order valence-electron chi connectivity index (χ0n) is 15.1. The van der Waals surface area contributed by atoms with Crippen molar-refractivity contribution in [3.63, 3.8) is 0 Å². The number of carboxylic acids is 1. The summed E-state index contributed by atoms with van der Waals surface area (Å²) in [7, 11) is -3.66. The van der Waals surface area contributed by atoms with Crippen molar-refractivity contribution in [2.24, 2.45) is 0 Å². The minimum atomic E-state index is -3.66. The van der Waals surface area contributed by atoms with Crippen LogP contribution in [0, 0.1) is 13.8 Å². The fourth-order valence-corrected chi connectivity index (χ4v) is 5.74. The Bertz CT molecular complexity index is 1000. The van der Waals surface area contributed by atoms with E-state index in [4.69, 9.17) is 0 Å². The first kappa shape index (κ1) is 19.7. The van der Waals surface area contributed by atoms with Gasteiger partial charge in [0.05, 0.1) is 4.90 Å². The van der Waals surface area contributed by atoms with E-state index in [9.17, 15) is 18.3 Å². The fraction of sp³-hybridized carbons (Fsp3) is 0.250. The molecule has 0 saturated carbocycles. The zero-order chi connectivity index (χ0) is 19.7. The first-order chi connectivity index (χ1) is 12.7. The standard InChI is InChI=1S/C20H21NO4S2/c1-14-8-9-18(15(2)12-14)27(24,25)13-21-20(19(22)23)11-10-17(26-20)16-6-4-3-5-7-16/h3-10,12,21H,11,13H2,1-2H3,(H,22,23). The predicted molar refractivity (Wildman–Crippen MR) is 108 cm³/mol. The maximum Gasteiger partial charge on any atom is 0.335 e. The summed E-state index contributed by atoms with van der Waals surface area (Å²) in [5.74, 6) is -1.52. The molecule has 1 aliphatic rings. The van der Waals surface area contributed by atoms with Crippen LogP contribution in [0.4, 0.5) is 0 Å². The molecule has 27 heavy (non-hydrogen) atoms. The number of sulfone groups is 1. The third-order valence-electron chi connectivity index (χ3n) is 4.48. The van der Waals surface area contributed by atoms with Crippen LogP contribution >= 0.6 is 11.8 Å². The van der Waals surface area contributed by atoms with Gasteiger partial charge in [-0.25, -0.2) is 13.2 Å². The second-order valence-electron chi connectivity index (χ2n) is 6.58. The van der Waals surface area contributed by atoms with E-state index in [2.05, 4.69) is 5.32 Å². The number of benzene rings is 2. The Morgan fingerprint density at radius 1 is 1.19 bits per heavy atom. The third kappa shape index (κ3) is 4.10. The van der Waals surface area contributed by atoms with Gasteiger partial charge in [-0.05, 0) is 31.0 Å². The molecule has 2 aromatic carbocycles. The van der Waals surface area contributed by atoms with Crippen molar-refractivity contribution in [1.29, 1.82) is 0 Å². The van der Waals surface area contributed by atoms with Gasteiger partial charge in [0.2, 0.25) is 0 Å². The highest BCUT2D eigenvalue weighted by molar-refractivity contribution is 8.10. The molecule has 0 amide bonds. The van der Waals surface area contributed by atoms with Gasteiger partial charge in [0.25, 0.3) is 0 Å². The molecule has 3 rings (SSSR count). The minimum absolute atomic E-state index is 0.208. The number of thioether (sulfide) groups is 1. The molecule has 7 heteroatoms. The fourth-order valence-electron chi connectivity index (χ4n) is 3.04. The van der Waals surface area contributed by atoms with Crippen LogP contribution < -0.4 is 5.32 Å². The summed E-state index contributed by atoms with van der Waals surface area (Å²) in [6.45, 7) is 3.64. The molecule has 0 spiro atoms. The van der Waals surface area contributed by atoms with E-state index in [-0.39, 0.29) is 11.3 Å². The second kappa shape index (κ2) is 7.50. The van der Waals surface area contributed by atoms with Crippen LogP contribution in [0.3, 0.4) is 0 Å². The molecule has 1 atom stereocenters. The summed E-state index contributed by atoms with van der Waals surface area (Å²) in [6.07, 6.45) is 2.05. The molecule has 0 fully saturated rings. The van der Waals surface area contributed by atoms with E-state index in [1.54, 1.807) is 25.1 Å². The lowest BCUT2D eigenvalue weighted by atomic mass is 10.1. The van der Waals surface area contributed by atoms with Crippen LogP contribution in [0.15, 0.2) is 59.5 Å². The quantitative estimate of drug-likeness (QED) is 0.767. The molecule has 0 aromatic heterocycles. The van der Waals surface area contributed by atoms with Gasteiger partial charge in [0.15, 0.2) is 14.7 Å². The highest BCUT2D eigenvalue weighted by atomic mass is 32.2. The highest BCUT2D eigenvalue weighted by Crippen LogP contribution is 2.45. The van der Waals surface area contributed by atoms with Gasteiger partial charge >= 0.3 is 5.97 Å². The molecule has 1 aliphatic heterocycles. The molecule has 5 nitrogen and oxygen atoms in total. The first-order valence-electron chi connectivity index (χ1n) is 8.46. The van der Waals surface area contributed by atoms with E-state index in [1.807, 2.05) is 43.3 Å². The molecule has 142 valence electrons. The molecule has 1 heterocycles. The van der Waals surface area contributed by atoms with Crippen molar-refractivity contribution in [3.05, 3.63) is 71.3 Å². The van der Waals surface area contributed by atoms with E-state index in [0.717, 1.165) is 27.8 Å². The number of carbonyl (C=O) groups is 1. The number of aryl methyl sites for hydroxylation is 2. The van der Waals surface area contributed by atoms with Crippen molar-refractivity contribution < 1.29 is 18.3 Å². The van der Waals surface area contributed by atoms with Crippen LogP contribution in [0.5, 0.6) is 0 Å². The Hall–Kier alpha value is -2.09. The summed E-state index contributed by atoms with van der Waals surface area (Å²) in [5, 5.41) is 12.6. The van der Waals surface area contributed by atoms with Crippen molar-refractivity contribution in [2.75, 3.05) is 5.88 Å². The highest BCUT2D eigenvalue weighted by Gasteiger charge is 2.44. The maximum atomic E-state index is 12.8. The normalized spacial score (nSPS) is 19.7. The Kier molecular flexibility index (Phi) is 5.46. The van der Waals surface area contributed by atoms with Gasteiger partial charge in [-0.3, -0.25) is 5.32 Å². The van der Waals surface area contributed by atoms with Gasteiger partial charge in [0, 0.05) is 11.3 Å². The largest absolute Gasteiger partial charge is 0.479 e. The van der Waals surface area contributed by atoms with Gasteiger partial charge in [-0.1, -0.05) is 65.9 Å². The molecule has 2 N–H and O–H groups in total. The number of aliphatic carboxylic acids is 1. The van der Waals surface area contributed by atoms with Crippen LogP contribution in [0.25, 0.3) is 4.91 Å². The number of hydrogen-bond acceptors (Lipinski definition) is 5. The van der Waals surface area contributed by atoms with Crippen molar-refractivity contribution in [3.8, 4) is 0 Å². The maximum absolute atomic E-state index is 12.8. The van der Waals surface area contributed by atoms with Crippen LogP contribution in [0.1, 0.15) is 23.1 Å². The molecular weight excluding hydrogens is 382 g/mol. The SMILES string of the molecule is Cc1ccc(S(=O)(=O)CNC2(C(=O)O)CC=C(c3ccccc3)S2)c(C)c1. The Balaban J connectivity index is 1.79. The lowest BCUT2D eigenvalue weighted by Crippen LogP contribution is -2.49. The molecule has 1 unspecified atom stereocenters. The summed E-state index contributed by atoms with van der Waals surface area (Å²) in [4.78, 5) is 11.6. The second-order valence-corrected chi connectivity index (χ2v) is 9.88. The van der Waals surface area contributed by atoms with Crippen LogP contribution in [-0.2, 0) is 14.6 Å². The van der Waals surface area contributed by atoms with Crippen molar-refractivity contribution in [2.45, 2.75) is 30.0 Å². The third-order valence-corrected chi connectivity index (χ3v) is 7.59. The van der Waals surface area contributed by atoms with Gasteiger partial charge in [-0.2, -0.15) is 0 Å². The van der Waals surface area contributed by atoms with Gasteiger partial charge in [0.1, 0.15) is 5.88 Å². The van der Waals surface area contributed by atoms with E-state index in [1.165, 1.54) is 0 Å². The summed E-state index contributed by atoms with van der Waals surface area (Å²) < 4.78 is 25.5. The molecule has 0 bridgehead atoms. The average Bonchev–Trinajstić information content (AvgIpc) is 3.07.